The van der Waals surface area contributed by atoms with E-state index < -0.39 is 6.10 Å². The largest absolute Gasteiger partial charge is 0.489 e. The number of ether oxygens (including phenoxy) is 1. The van der Waals surface area contributed by atoms with Crippen LogP contribution < -0.4 is 4.74 Å². The van der Waals surface area contributed by atoms with Crippen molar-refractivity contribution in [3.8, 4) is 5.75 Å². The van der Waals surface area contributed by atoms with Gasteiger partial charge in [-0.3, -0.25) is 9.97 Å². The van der Waals surface area contributed by atoms with Gasteiger partial charge in [0.1, 0.15) is 11.9 Å². The Hall–Kier alpha value is -1.94. The molecule has 0 aliphatic carbocycles. The van der Waals surface area contributed by atoms with Crippen molar-refractivity contribution in [1.82, 2.24) is 9.97 Å². The molecule has 0 spiro atoms. The molecule has 1 unspecified atom stereocenters. The minimum absolute atomic E-state index is 0.0811. The van der Waals surface area contributed by atoms with E-state index in [-0.39, 0.29) is 6.10 Å². The molecule has 0 aromatic carbocycles. The Morgan fingerprint density at radius 3 is 2.56 bits per heavy atom. The highest BCUT2D eigenvalue weighted by Crippen LogP contribution is 2.23. The highest BCUT2D eigenvalue weighted by Gasteiger charge is 2.12. The van der Waals surface area contributed by atoms with Crippen LogP contribution in [0.25, 0.3) is 0 Å². The number of aliphatic hydroxyl groups excluding tert-OH is 1. The van der Waals surface area contributed by atoms with Crippen molar-refractivity contribution in [1.29, 1.82) is 0 Å². The molecular weight excluding hydrogens is 228 g/mol. The average Bonchev–Trinajstić information content (AvgIpc) is 2.38. The van der Waals surface area contributed by atoms with Crippen LogP contribution in [-0.2, 0) is 0 Å². The fourth-order valence-corrected chi connectivity index (χ4v) is 1.65. The van der Waals surface area contributed by atoms with Gasteiger partial charge in [0.05, 0.1) is 12.3 Å². The summed E-state index contributed by atoms with van der Waals surface area (Å²) in [6.45, 7) is 3.90. The topological polar surface area (TPSA) is 55.2 Å². The molecule has 2 aromatic heterocycles. The summed E-state index contributed by atoms with van der Waals surface area (Å²) in [4.78, 5) is 8.07. The lowest BCUT2D eigenvalue weighted by molar-refractivity contribution is 0.215. The van der Waals surface area contributed by atoms with Crippen molar-refractivity contribution in [2.45, 2.75) is 26.1 Å². The molecule has 1 atom stereocenters. The molecule has 4 heteroatoms. The second kappa shape index (κ2) is 5.60. The lowest BCUT2D eigenvalue weighted by Crippen LogP contribution is -2.07. The number of nitrogens with zero attached hydrogens (tertiary/aromatic N) is 2. The van der Waals surface area contributed by atoms with Gasteiger partial charge in [0.15, 0.2) is 0 Å². The van der Waals surface area contributed by atoms with Crippen LogP contribution in [0.1, 0.15) is 31.1 Å². The molecule has 0 radical (unpaired) electrons. The van der Waals surface area contributed by atoms with E-state index >= 15 is 0 Å². The summed E-state index contributed by atoms with van der Waals surface area (Å²) in [7, 11) is 0. The molecule has 4 nitrogen and oxygen atoms in total. The second-order valence-corrected chi connectivity index (χ2v) is 4.31. The van der Waals surface area contributed by atoms with E-state index in [1.165, 1.54) is 0 Å². The van der Waals surface area contributed by atoms with Crippen molar-refractivity contribution in [2.75, 3.05) is 0 Å². The van der Waals surface area contributed by atoms with E-state index in [2.05, 4.69) is 9.97 Å². The quantitative estimate of drug-likeness (QED) is 0.897. The summed E-state index contributed by atoms with van der Waals surface area (Å²) in [6, 6.07) is 5.42. The van der Waals surface area contributed by atoms with Gasteiger partial charge in [-0.05, 0) is 26.0 Å². The molecule has 18 heavy (non-hydrogen) atoms. The Morgan fingerprint density at radius 2 is 1.89 bits per heavy atom. The predicted molar refractivity (Wildman–Crippen MR) is 68.3 cm³/mol. The molecule has 94 valence electrons. The summed E-state index contributed by atoms with van der Waals surface area (Å²) >= 11 is 0. The second-order valence-electron chi connectivity index (χ2n) is 4.31. The van der Waals surface area contributed by atoms with Crippen molar-refractivity contribution in [2.24, 2.45) is 0 Å². The van der Waals surface area contributed by atoms with E-state index in [0.29, 0.717) is 11.3 Å². The van der Waals surface area contributed by atoms with Crippen LogP contribution in [0, 0.1) is 0 Å². The molecule has 0 fully saturated rings. The molecule has 2 aromatic rings. The van der Waals surface area contributed by atoms with Crippen molar-refractivity contribution >= 4 is 0 Å². The first-order valence-electron chi connectivity index (χ1n) is 5.86. The lowest BCUT2D eigenvalue weighted by Gasteiger charge is -2.13. The van der Waals surface area contributed by atoms with Crippen molar-refractivity contribution in [3.05, 3.63) is 54.1 Å². The maximum absolute atomic E-state index is 10.2. The van der Waals surface area contributed by atoms with Crippen LogP contribution in [0.3, 0.4) is 0 Å². The molecule has 0 aliphatic heterocycles. The molecule has 0 saturated heterocycles. The number of rotatable bonds is 4. The third-order valence-electron chi connectivity index (χ3n) is 2.42. The number of aromatic nitrogens is 2. The van der Waals surface area contributed by atoms with Crippen LogP contribution in [0.2, 0.25) is 0 Å². The average molecular weight is 244 g/mol. The first-order valence-corrected chi connectivity index (χ1v) is 5.86. The third kappa shape index (κ3) is 3.05. The fourth-order valence-electron chi connectivity index (χ4n) is 1.65. The van der Waals surface area contributed by atoms with Crippen molar-refractivity contribution < 1.29 is 9.84 Å². The molecular formula is C14H16N2O2. The van der Waals surface area contributed by atoms with Gasteiger partial charge in [-0.1, -0.05) is 6.07 Å². The molecule has 0 bridgehead atoms. The number of pyridine rings is 2. The monoisotopic (exact) mass is 244 g/mol. The summed E-state index contributed by atoms with van der Waals surface area (Å²) in [5.74, 6) is 0.658. The van der Waals surface area contributed by atoms with Crippen LogP contribution in [0.4, 0.5) is 0 Å². The molecule has 0 amide bonds. The van der Waals surface area contributed by atoms with E-state index in [1.807, 2.05) is 19.9 Å². The minimum Gasteiger partial charge on any atom is -0.489 e. The van der Waals surface area contributed by atoms with Gasteiger partial charge in [-0.2, -0.15) is 0 Å². The Balaban J connectivity index is 2.23. The molecule has 2 heterocycles. The third-order valence-corrected chi connectivity index (χ3v) is 2.42. The Kier molecular flexibility index (Phi) is 3.89. The summed E-state index contributed by atoms with van der Waals surface area (Å²) in [6.07, 6.45) is 5.93. The minimum atomic E-state index is -0.734. The standard InChI is InChI=1S/C14H16N2O2/c1-10(2)18-13-6-12(8-16-9-13)14(17)11-4-3-5-15-7-11/h3-10,14,17H,1-2H3. The van der Waals surface area contributed by atoms with Crippen LogP contribution in [0.15, 0.2) is 43.0 Å². The highest BCUT2D eigenvalue weighted by molar-refractivity contribution is 5.31. The van der Waals surface area contributed by atoms with Gasteiger partial charge in [0, 0.05) is 29.7 Å². The van der Waals surface area contributed by atoms with E-state index in [9.17, 15) is 5.11 Å². The molecule has 2 rings (SSSR count). The maximum Gasteiger partial charge on any atom is 0.138 e. The Morgan fingerprint density at radius 1 is 1.11 bits per heavy atom. The molecule has 0 saturated carbocycles. The van der Waals surface area contributed by atoms with Gasteiger partial charge in [-0.25, -0.2) is 0 Å². The van der Waals surface area contributed by atoms with Gasteiger partial charge in [0.2, 0.25) is 0 Å². The summed E-state index contributed by atoms with van der Waals surface area (Å²) in [5.41, 5.74) is 1.43. The van der Waals surface area contributed by atoms with E-state index in [4.69, 9.17) is 4.74 Å². The number of hydrogen-bond acceptors (Lipinski definition) is 4. The maximum atomic E-state index is 10.2. The zero-order valence-corrected chi connectivity index (χ0v) is 10.4. The van der Waals surface area contributed by atoms with Crippen LogP contribution in [0.5, 0.6) is 5.75 Å². The SMILES string of the molecule is CC(C)Oc1cncc(C(O)c2cccnc2)c1. The highest BCUT2D eigenvalue weighted by atomic mass is 16.5. The zero-order chi connectivity index (χ0) is 13.0. The first kappa shape index (κ1) is 12.5. The summed E-state index contributed by atoms with van der Waals surface area (Å²) in [5, 5.41) is 10.2. The van der Waals surface area contributed by atoms with Crippen LogP contribution >= 0.6 is 0 Å². The molecule has 1 N–H and O–H groups in total. The Labute approximate surface area is 106 Å². The number of aliphatic hydroxyl groups is 1. The van der Waals surface area contributed by atoms with E-state index in [1.54, 1.807) is 36.9 Å². The van der Waals surface area contributed by atoms with Gasteiger partial charge in [0.25, 0.3) is 0 Å². The normalized spacial score (nSPS) is 12.4. The summed E-state index contributed by atoms with van der Waals surface area (Å²) < 4.78 is 5.55. The van der Waals surface area contributed by atoms with Gasteiger partial charge < -0.3 is 9.84 Å². The zero-order valence-electron chi connectivity index (χ0n) is 10.4. The van der Waals surface area contributed by atoms with Crippen LogP contribution in [-0.4, -0.2) is 21.2 Å². The predicted octanol–water partition coefficient (Wildman–Crippen LogP) is 2.35. The van der Waals surface area contributed by atoms with Gasteiger partial charge in [-0.15, -0.1) is 0 Å². The first-order chi connectivity index (χ1) is 8.66. The lowest BCUT2D eigenvalue weighted by atomic mass is 10.1. The molecule has 0 aliphatic rings. The number of hydrogen-bond donors (Lipinski definition) is 1. The Bertz CT molecular complexity index is 500. The van der Waals surface area contributed by atoms with Crippen molar-refractivity contribution in [3.63, 3.8) is 0 Å². The van der Waals surface area contributed by atoms with E-state index in [0.717, 1.165) is 5.56 Å². The van der Waals surface area contributed by atoms with Gasteiger partial charge >= 0.3 is 0 Å². The fraction of sp³-hybridized carbons (Fsp3) is 0.286. The smallest absolute Gasteiger partial charge is 0.138 e.